The lowest BCUT2D eigenvalue weighted by Crippen LogP contribution is -2.22. The number of methoxy groups -OCH3 is 2. The first-order valence-electron chi connectivity index (χ1n) is 10.7. The molecule has 32 heavy (non-hydrogen) atoms. The van der Waals surface area contributed by atoms with Gasteiger partial charge in [0.05, 0.1) is 31.8 Å². The minimum atomic E-state index is -0.246. The predicted octanol–water partition coefficient (Wildman–Crippen LogP) is 4.19. The molecule has 1 aliphatic rings. The van der Waals surface area contributed by atoms with Crippen LogP contribution in [0.15, 0.2) is 59.5 Å². The second-order valence-electron chi connectivity index (χ2n) is 7.18. The third kappa shape index (κ3) is 4.03. The Morgan fingerprint density at radius 1 is 0.938 bits per heavy atom. The van der Waals surface area contributed by atoms with Gasteiger partial charge in [0.1, 0.15) is 17.0 Å². The van der Waals surface area contributed by atoms with Crippen LogP contribution in [0.4, 0.5) is 5.95 Å². The molecule has 1 aliphatic carbocycles. The molecule has 2 heterocycles. The van der Waals surface area contributed by atoms with E-state index in [-0.39, 0.29) is 5.69 Å². The van der Waals surface area contributed by atoms with Gasteiger partial charge >= 0.3 is 5.69 Å². The normalized spacial score (nSPS) is 12.8. The van der Waals surface area contributed by atoms with Gasteiger partial charge in [-0.1, -0.05) is 26.0 Å². The van der Waals surface area contributed by atoms with Crippen molar-refractivity contribution in [3.63, 3.8) is 0 Å². The number of imidazole rings is 1. The van der Waals surface area contributed by atoms with Gasteiger partial charge in [0.15, 0.2) is 5.65 Å². The Kier molecular flexibility index (Phi) is 6.11. The standard InChI is InChI=1S/C22H21N5O3.C2H6/c1-29-17-7-3-5-15(11-17)26-19-13-23-21(24-14-9-10-14)25-20(19)27(22(26)28)16-6-4-8-18(12-16)30-2;1-2/h3-8,11-14H,9-10H2,1-2H3,(H,23,24,25);1-2H3. The first kappa shape index (κ1) is 21.4. The molecule has 5 rings (SSSR count). The highest BCUT2D eigenvalue weighted by Crippen LogP contribution is 2.26. The van der Waals surface area contributed by atoms with Gasteiger partial charge in [-0.25, -0.2) is 14.3 Å². The lowest BCUT2D eigenvalue weighted by Gasteiger charge is -2.06. The van der Waals surface area contributed by atoms with Crippen molar-refractivity contribution in [3.05, 3.63) is 65.2 Å². The number of ether oxygens (including phenoxy) is 2. The highest BCUT2D eigenvalue weighted by molar-refractivity contribution is 5.77. The van der Waals surface area contributed by atoms with Crippen LogP contribution in [-0.2, 0) is 0 Å². The minimum absolute atomic E-state index is 0.246. The molecule has 8 nitrogen and oxygen atoms in total. The topological polar surface area (TPSA) is 83.2 Å². The van der Waals surface area contributed by atoms with Gasteiger partial charge in [0.2, 0.25) is 5.95 Å². The van der Waals surface area contributed by atoms with Crippen molar-refractivity contribution in [2.45, 2.75) is 32.7 Å². The fourth-order valence-electron chi connectivity index (χ4n) is 3.44. The molecule has 0 atom stereocenters. The molecular weight excluding hydrogens is 406 g/mol. The van der Waals surface area contributed by atoms with Crippen molar-refractivity contribution < 1.29 is 9.47 Å². The molecule has 0 radical (unpaired) electrons. The van der Waals surface area contributed by atoms with E-state index in [9.17, 15) is 4.79 Å². The van der Waals surface area contributed by atoms with E-state index >= 15 is 0 Å². The fourth-order valence-corrected chi connectivity index (χ4v) is 3.44. The summed E-state index contributed by atoms with van der Waals surface area (Å²) in [5.41, 5.74) is 2.23. The molecule has 1 fully saturated rings. The fraction of sp³-hybridized carbons (Fsp3) is 0.292. The van der Waals surface area contributed by atoms with Crippen LogP contribution in [0.2, 0.25) is 0 Å². The van der Waals surface area contributed by atoms with Crippen molar-refractivity contribution in [2.75, 3.05) is 19.5 Å². The van der Waals surface area contributed by atoms with Crippen LogP contribution in [0, 0.1) is 0 Å². The maximum Gasteiger partial charge on any atom is 0.339 e. The lowest BCUT2D eigenvalue weighted by molar-refractivity contribution is 0.414. The summed E-state index contributed by atoms with van der Waals surface area (Å²) < 4.78 is 13.9. The van der Waals surface area contributed by atoms with Crippen LogP contribution in [0.5, 0.6) is 11.5 Å². The van der Waals surface area contributed by atoms with Crippen molar-refractivity contribution in [1.29, 1.82) is 0 Å². The van der Waals surface area contributed by atoms with Crippen LogP contribution < -0.4 is 20.5 Å². The third-order valence-corrected chi connectivity index (χ3v) is 5.12. The Bertz CT molecular complexity index is 1290. The summed E-state index contributed by atoms with van der Waals surface area (Å²) in [7, 11) is 3.20. The van der Waals surface area contributed by atoms with Gasteiger partial charge in [-0.15, -0.1) is 0 Å². The average molecular weight is 434 g/mol. The van der Waals surface area contributed by atoms with Gasteiger partial charge in [-0.2, -0.15) is 4.98 Å². The average Bonchev–Trinajstić information content (AvgIpc) is 3.61. The van der Waals surface area contributed by atoms with Crippen LogP contribution >= 0.6 is 0 Å². The number of nitrogens with one attached hydrogen (secondary N) is 1. The lowest BCUT2D eigenvalue weighted by atomic mass is 10.3. The highest BCUT2D eigenvalue weighted by atomic mass is 16.5. The molecule has 0 bridgehead atoms. The van der Waals surface area contributed by atoms with Crippen molar-refractivity contribution in [2.24, 2.45) is 0 Å². The summed E-state index contributed by atoms with van der Waals surface area (Å²) in [6.45, 7) is 4.00. The zero-order valence-corrected chi connectivity index (χ0v) is 18.7. The maximum absolute atomic E-state index is 13.6. The molecule has 0 amide bonds. The van der Waals surface area contributed by atoms with Gasteiger partial charge in [-0.3, -0.25) is 4.57 Å². The first-order chi connectivity index (χ1) is 15.7. The minimum Gasteiger partial charge on any atom is -0.497 e. The molecule has 166 valence electrons. The zero-order chi connectivity index (χ0) is 22.7. The Morgan fingerprint density at radius 3 is 2.09 bits per heavy atom. The molecular formula is C24H27N5O3. The molecule has 2 aromatic carbocycles. The Morgan fingerprint density at radius 2 is 1.53 bits per heavy atom. The zero-order valence-electron chi connectivity index (χ0n) is 18.7. The molecule has 0 spiro atoms. The summed E-state index contributed by atoms with van der Waals surface area (Å²) >= 11 is 0. The Hall–Kier alpha value is -3.81. The van der Waals surface area contributed by atoms with E-state index in [1.807, 2.05) is 62.4 Å². The van der Waals surface area contributed by atoms with Crippen molar-refractivity contribution in [1.82, 2.24) is 19.1 Å². The number of nitrogens with zero attached hydrogens (tertiary/aromatic N) is 4. The number of fused-ring (bicyclic) bond motifs is 1. The summed E-state index contributed by atoms with van der Waals surface area (Å²) in [5.74, 6) is 1.84. The van der Waals surface area contributed by atoms with Gasteiger partial charge in [0, 0.05) is 18.2 Å². The van der Waals surface area contributed by atoms with Crippen molar-refractivity contribution >= 4 is 17.1 Å². The van der Waals surface area contributed by atoms with E-state index in [0.717, 1.165) is 12.8 Å². The van der Waals surface area contributed by atoms with Gasteiger partial charge < -0.3 is 14.8 Å². The summed E-state index contributed by atoms with van der Waals surface area (Å²) in [5, 5.41) is 3.30. The Labute approximate surface area is 186 Å². The summed E-state index contributed by atoms with van der Waals surface area (Å²) in [6, 6.07) is 15.1. The molecule has 1 saturated carbocycles. The molecule has 0 unspecified atom stereocenters. The number of hydrogen-bond donors (Lipinski definition) is 1. The van der Waals surface area contributed by atoms with Crippen molar-refractivity contribution in [3.8, 4) is 22.9 Å². The van der Waals surface area contributed by atoms with Gasteiger partial charge in [0.25, 0.3) is 0 Å². The number of aromatic nitrogens is 4. The predicted molar refractivity (Wildman–Crippen MR) is 126 cm³/mol. The van der Waals surface area contributed by atoms with E-state index in [0.29, 0.717) is 46.0 Å². The molecule has 1 N–H and O–H groups in total. The van der Waals surface area contributed by atoms with E-state index in [1.165, 1.54) is 0 Å². The number of benzene rings is 2. The second-order valence-corrected chi connectivity index (χ2v) is 7.18. The molecule has 4 aromatic rings. The SMILES string of the molecule is CC.COc1cccc(-n2c(=O)n(-c3cccc(OC)c3)c3nc(NC4CC4)ncc32)c1. The quantitative estimate of drug-likeness (QED) is 0.491. The van der Waals surface area contributed by atoms with E-state index in [1.54, 1.807) is 29.6 Å². The van der Waals surface area contributed by atoms with E-state index < -0.39 is 0 Å². The molecule has 2 aromatic heterocycles. The van der Waals surface area contributed by atoms with E-state index in [2.05, 4.69) is 15.3 Å². The smallest absolute Gasteiger partial charge is 0.339 e. The van der Waals surface area contributed by atoms with Crippen LogP contribution in [-0.4, -0.2) is 39.4 Å². The third-order valence-electron chi connectivity index (χ3n) is 5.12. The molecule has 0 aliphatic heterocycles. The molecule has 0 saturated heterocycles. The van der Waals surface area contributed by atoms with Gasteiger partial charge in [-0.05, 0) is 37.1 Å². The molecule has 8 heteroatoms. The maximum atomic E-state index is 13.6. The Balaban J connectivity index is 0.00000119. The van der Waals surface area contributed by atoms with E-state index in [4.69, 9.17) is 9.47 Å². The highest BCUT2D eigenvalue weighted by Gasteiger charge is 2.24. The van der Waals surface area contributed by atoms with Crippen LogP contribution in [0.1, 0.15) is 26.7 Å². The monoisotopic (exact) mass is 433 g/mol. The second kappa shape index (κ2) is 9.13. The largest absolute Gasteiger partial charge is 0.497 e. The first-order valence-corrected chi connectivity index (χ1v) is 10.7. The number of anilines is 1. The number of hydrogen-bond acceptors (Lipinski definition) is 6. The summed E-state index contributed by atoms with van der Waals surface area (Å²) in [4.78, 5) is 22.7. The number of rotatable bonds is 6. The summed E-state index contributed by atoms with van der Waals surface area (Å²) in [6.07, 6.45) is 3.90. The van der Waals surface area contributed by atoms with Crippen LogP contribution in [0.25, 0.3) is 22.5 Å². The van der Waals surface area contributed by atoms with Crippen LogP contribution in [0.3, 0.4) is 0 Å².